The van der Waals surface area contributed by atoms with Gasteiger partial charge in [-0.2, -0.15) is 0 Å². The van der Waals surface area contributed by atoms with Crippen LogP contribution in [-0.2, 0) is 15.3 Å². The van der Waals surface area contributed by atoms with Gasteiger partial charge in [-0.15, -0.1) is 0 Å². The third-order valence-electron chi connectivity index (χ3n) is 4.92. The Morgan fingerprint density at radius 3 is 2.40 bits per heavy atom. The van der Waals surface area contributed by atoms with Crippen molar-refractivity contribution in [2.45, 2.75) is 10.9 Å². The van der Waals surface area contributed by atoms with Crippen molar-refractivity contribution in [3.63, 3.8) is 0 Å². The smallest absolute Gasteiger partial charge is 0.269 e. The Morgan fingerprint density at radius 1 is 0.886 bits per heavy atom. The Morgan fingerprint density at radius 2 is 1.63 bits per heavy atom. The van der Waals surface area contributed by atoms with E-state index < -0.39 is 17.7 Å². The van der Waals surface area contributed by atoms with Crippen LogP contribution in [0.3, 0.4) is 0 Å². The second-order valence-corrected chi connectivity index (χ2v) is 8.47. The summed E-state index contributed by atoms with van der Waals surface area (Å²) in [6.07, 6.45) is 2.99. The number of hydrogen-bond donors (Lipinski definition) is 4. The number of imidazole rings is 1. The van der Waals surface area contributed by atoms with Crippen LogP contribution in [0.2, 0.25) is 0 Å². The lowest BCUT2D eigenvalue weighted by Gasteiger charge is -2.08. The normalized spacial score (nSPS) is 10.9. The van der Waals surface area contributed by atoms with E-state index in [1.165, 1.54) is 6.08 Å². The second-order valence-electron chi connectivity index (χ2n) is 7.51. The maximum absolute atomic E-state index is 12.3. The highest BCUT2D eigenvalue weighted by Crippen LogP contribution is 2.23. The Balaban J connectivity index is 1.18. The van der Waals surface area contributed by atoms with Crippen LogP contribution in [-0.4, -0.2) is 34.2 Å². The molecule has 176 valence electrons. The summed E-state index contributed by atoms with van der Waals surface area (Å²) in [5.74, 6) is -0.716. The van der Waals surface area contributed by atoms with E-state index >= 15 is 0 Å². The van der Waals surface area contributed by atoms with Crippen molar-refractivity contribution in [2.24, 2.45) is 0 Å². The molecule has 0 aliphatic rings. The van der Waals surface area contributed by atoms with Crippen molar-refractivity contribution in [1.82, 2.24) is 26.1 Å². The fourth-order valence-corrected chi connectivity index (χ4v) is 3.95. The van der Waals surface area contributed by atoms with Gasteiger partial charge >= 0.3 is 0 Å². The molecule has 0 atom stereocenters. The van der Waals surface area contributed by atoms with Gasteiger partial charge in [-0.3, -0.25) is 25.2 Å². The number of hydrazine groups is 1. The molecule has 0 saturated carbocycles. The van der Waals surface area contributed by atoms with Gasteiger partial charge in [0, 0.05) is 17.4 Å². The first kappa shape index (κ1) is 23.8. The first-order valence-corrected chi connectivity index (χ1v) is 11.8. The molecule has 4 rings (SSSR count). The van der Waals surface area contributed by atoms with Gasteiger partial charge in [-0.05, 0) is 41.5 Å². The number of nitrogens with one attached hydrogen (secondary N) is 4. The number of thioether (sulfide) groups is 1. The average molecular weight is 486 g/mol. The van der Waals surface area contributed by atoms with Crippen LogP contribution in [0, 0.1) is 0 Å². The Labute approximate surface area is 206 Å². The zero-order valence-corrected chi connectivity index (χ0v) is 19.5. The fraction of sp³-hybridized carbons (Fsp3) is 0.0769. The van der Waals surface area contributed by atoms with Crippen molar-refractivity contribution < 1.29 is 14.4 Å². The highest BCUT2D eigenvalue weighted by molar-refractivity contribution is 7.98. The second kappa shape index (κ2) is 11.7. The molecule has 35 heavy (non-hydrogen) atoms. The Bertz CT molecular complexity index is 1320. The molecular formula is C26H23N5O3S. The highest BCUT2D eigenvalue weighted by Gasteiger charge is 2.09. The van der Waals surface area contributed by atoms with Gasteiger partial charge in [0.2, 0.25) is 5.91 Å². The summed E-state index contributed by atoms with van der Waals surface area (Å²) in [6, 6.07) is 24.3. The number of hydrogen-bond acceptors (Lipinski definition) is 5. The van der Waals surface area contributed by atoms with E-state index in [1.54, 1.807) is 30.0 Å². The van der Waals surface area contributed by atoms with Crippen LogP contribution < -0.4 is 16.2 Å². The monoisotopic (exact) mass is 485 g/mol. The molecular weight excluding hydrogens is 462 g/mol. The SMILES string of the molecule is O=C(/C=C/c1ccccc1)NCC(=O)NNC(=O)c1ccc(CSc2nc3ccccc3[nH]2)cc1. The number of rotatable bonds is 8. The minimum atomic E-state index is -0.543. The fourth-order valence-electron chi connectivity index (χ4n) is 3.11. The van der Waals surface area contributed by atoms with Crippen LogP contribution >= 0.6 is 11.8 Å². The number of fused-ring (bicyclic) bond motifs is 1. The molecule has 0 unspecified atom stereocenters. The van der Waals surface area contributed by atoms with Gasteiger partial charge in [-0.25, -0.2) is 4.98 Å². The van der Waals surface area contributed by atoms with E-state index in [4.69, 9.17) is 0 Å². The standard InChI is InChI=1S/C26H23N5O3S/c32-23(15-12-18-6-2-1-3-7-18)27-16-24(33)30-31-25(34)20-13-10-19(11-14-20)17-35-26-28-21-8-4-5-9-22(21)29-26/h1-15H,16-17H2,(H,27,32)(H,28,29)(H,30,33)(H,31,34)/b15-12+. The van der Waals surface area contributed by atoms with E-state index in [1.807, 2.05) is 66.7 Å². The molecule has 1 aromatic heterocycles. The van der Waals surface area contributed by atoms with Crippen molar-refractivity contribution >= 4 is 46.6 Å². The molecule has 4 aromatic rings. The number of aromatic amines is 1. The third kappa shape index (κ3) is 7.05. The molecule has 9 heteroatoms. The first-order chi connectivity index (χ1) is 17.1. The highest BCUT2D eigenvalue weighted by atomic mass is 32.2. The summed E-state index contributed by atoms with van der Waals surface area (Å²) in [5, 5.41) is 3.29. The summed E-state index contributed by atoms with van der Waals surface area (Å²) >= 11 is 1.57. The van der Waals surface area contributed by atoms with E-state index in [0.29, 0.717) is 11.3 Å². The maximum atomic E-state index is 12.3. The minimum absolute atomic E-state index is 0.268. The number of aromatic nitrogens is 2. The van der Waals surface area contributed by atoms with E-state index in [0.717, 1.165) is 27.3 Å². The third-order valence-corrected chi connectivity index (χ3v) is 5.87. The predicted molar refractivity (Wildman–Crippen MR) is 136 cm³/mol. The first-order valence-electron chi connectivity index (χ1n) is 10.8. The Kier molecular flexibility index (Phi) is 7.92. The lowest BCUT2D eigenvalue weighted by molar-refractivity contribution is -0.124. The van der Waals surface area contributed by atoms with Crippen LogP contribution in [0.5, 0.6) is 0 Å². The van der Waals surface area contributed by atoms with E-state index in [2.05, 4.69) is 26.1 Å². The lowest BCUT2D eigenvalue weighted by atomic mass is 10.1. The van der Waals surface area contributed by atoms with Gasteiger partial charge in [-0.1, -0.05) is 66.4 Å². The van der Waals surface area contributed by atoms with Crippen LogP contribution in [0.1, 0.15) is 21.5 Å². The number of H-pyrrole nitrogens is 1. The lowest BCUT2D eigenvalue weighted by Crippen LogP contribution is -2.46. The van der Waals surface area contributed by atoms with Gasteiger partial charge in [0.25, 0.3) is 11.8 Å². The molecule has 0 spiro atoms. The molecule has 3 aromatic carbocycles. The van der Waals surface area contributed by atoms with E-state index in [9.17, 15) is 14.4 Å². The van der Waals surface area contributed by atoms with Crippen molar-refractivity contribution in [2.75, 3.05) is 6.54 Å². The molecule has 0 radical (unpaired) electrons. The molecule has 4 N–H and O–H groups in total. The number of nitrogens with zero attached hydrogens (tertiary/aromatic N) is 1. The largest absolute Gasteiger partial charge is 0.343 e. The number of carbonyl (C=O) groups excluding carboxylic acids is 3. The van der Waals surface area contributed by atoms with Crippen LogP contribution in [0.4, 0.5) is 0 Å². The number of benzene rings is 3. The van der Waals surface area contributed by atoms with Crippen molar-refractivity contribution in [3.8, 4) is 0 Å². The van der Waals surface area contributed by atoms with Crippen LogP contribution in [0.25, 0.3) is 17.1 Å². The van der Waals surface area contributed by atoms with Gasteiger partial charge < -0.3 is 10.3 Å². The zero-order chi connectivity index (χ0) is 24.5. The summed E-state index contributed by atoms with van der Waals surface area (Å²) in [5.41, 5.74) is 8.86. The molecule has 0 bridgehead atoms. The Hall–Kier alpha value is -4.37. The minimum Gasteiger partial charge on any atom is -0.343 e. The van der Waals surface area contributed by atoms with E-state index in [-0.39, 0.29) is 6.54 Å². The molecule has 3 amide bonds. The molecule has 0 aliphatic carbocycles. The molecule has 1 heterocycles. The maximum Gasteiger partial charge on any atom is 0.269 e. The number of amides is 3. The summed E-state index contributed by atoms with van der Waals surface area (Å²) in [4.78, 5) is 43.9. The van der Waals surface area contributed by atoms with Crippen LogP contribution in [0.15, 0.2) is 90.1 Å². The molecule has 0 saturated heterocycles. The topological polar surface area (TPSA) is 116 Å². The molecule has 8 nitrogen and oxygen atoms in total. The van der Waals surface area contributed by atoms with Gasteiger partial charge in [0.05, 0.1) is 17.6 Å². The average Bonchev–Trinajstić information content (AvgIpc) is 3.32. The van der Waals surface area contributed by atoms with Gasteiger partial charge in [0.15, 0.2) is 5.16 Å². The summed E-state index contributed by atoms with van der Waals surface area (Å²) < 4.78 is 0. The molecule has 0 fully saturated rings. The predicted octanol–water partition coefficient (Wildman–Crippen LogP) is 3.45. The zero-order valence-electron chi connectivity index (χ0n) is 18.7. The summed E-state index contributed by atoms with van der Waals surface area (Å²) in [7, 11) is 0. The van der Waals surface area contributed by atoms with Crippen molar-refractivity contribution in [1.29, 1.82) is 0 Å². The quantitative estimate of drug-likeness (QED) is 0.173. The number of para-hydroxylation sites is 2. The number of carbonyl (C=O) groups is 3. The van der Waals surface area contributed by atoms with Gasteiger partial charge in [0.1, 0.15) is 0 Å². The molecule has 0 aliphatic heterocycles. The van der Waals surface area contributed by atoms with Crippen molar-refractivity contribution in [3.05, 3.63) is 102 Å². The summed E-state index contributed by atoms with van der Waals surface area (Å²) in [6.45, 7) is -0.268.